The van der Waals surface area contributed by atoms with Crippen LogP contribution in [0.25, 0.3) is 0 Å². The van der Waals surface area contributed by atoms with Gasteiger partial charge >= 0.3 is 0 Å². The standard InChI is InChI=1S/C21H27N3O4S/c1-5-15(3)22-20(25)16(4)23-21(26)17-9-7-11-19(13-17)29(27,28)24-18-10-6-8-14(2)12-18/h6-13,15-16,24H,5H2,1-4H3,(H,22,25)(H,23,26). The summed E-state index contributed by atoms with van der Waals surface area (Å²) in [5, 5.41) is 5.39. The number of benzene rings is 2. The number of rotatable bonds is 8. The van der Waals surface area contributed by atoms with E-state index in [1.54, 1.807) is 25.1 Å². The molecule has 0 fully saturated rings. The lowest BCUT2D eigenvalue weighted by atomic mass is 10.2. The molecule has 0 bridgehead atoms. The molecule has 0 aromatic heterocycles. The van der Waals surface area contributed by atoms with Gasteiger partial charge in [-0.15, -0.1) is 0 Å². The van der Waals surface area contributed by atoms with Gasteiger partial charge in [0.25, 0.3) is 15.9 Å². The fourth-order valence-corrected chi connectivity index (χ4v) is 3.64. The number of hydrogen-bond donors (Lipinski definition) is 3. The van der Waals surface area contributed by atoms with Gasteiger partial charge in [0.15, 0.2) is 0 Å². The Morgan fingerprint density at radius 3 is 2.34 bits per heavy atom. The predicted octanol–water partition coefficient (Wildman–Crippen LogP) is 2.83. The summed E-state index contributed by atoms with van der Waals surface area (Å²) in [4.78, 5) is 24.6. The third-order valence-corrected chi connectivity index (χ3v) is 5.80. The van der Waals surface area contributed by atoms with E-state index in [2.05, 4.69) is 15.4 Å². The van der Waals surface area contributed by atoms with Crippen molar-refractivity contribution in [2.45, 2.75) is 51.1 Å². The lowest BCUT2D eigenvalue weighted by Gasteiger charge is -2.17. The van der Waals surface area contributed by atoms with Gasteiger partial charge in [0.1, 0.15) is 6.04 Å². The first-order valence-corrected chi connectivity index (χ1v) is 10.9. The highest BCUT2D eigenvalue weighted by Crippen LogP contribution is 2.18. The van der Waals surface area contributed by atoms with E-state index >= 15 is 0 Å². The van der Waals surface area contributed by atoms with Crippen molar-refractivity contribution < 1.29 is 18.0 Å². The predicted molar refractivity (Wildman–Crippen MR) is 113 cm³/mol. The second-order valence-electron chi connectivity index (χ2n) is 7.02. The van der Waals surface area contributed by atoms with Crippen molar-refractivity contribution in [1.29, 1.82) is 0 Å². The van der Waals surface area contributed by atoms with Crippen LogP contribution in [0.15, 0.2) is 53.4 Å². The summed E-state index contributed by atoms with van der Waals surface area (Å²) in [6.07, 6.45) is 0.778. The fraction of sp³-hybridized carbons (Fsp3) is 0.333. The molecule has 2 atom stereocenters. The summed E-state index contributed by atoms with van der Waals surface area (Å²) in [6, 6.07) is 11.9. The lowest BCUT2D eigenvalue weighted by Crippen LogP contribution is -2.47. The van der Waals surface area contributed by atoms with Crippen LogP contribution in [0.4, 0.5) is 5.69 Å². The zero-order chi connectivity index (χ0) is 21.6. The van der Waals surface area contributed by atoms with Crippen molar-refractivity contribution in [3.05, 3.63) is 59.7 Å². The van der Waals surface area contributed by atoms with E-state index in [0.717, 1.165) is 12.0 Å². The van der Waals surface area contributed by atoms with E-state index in [1.807, 2.05) is 26.8 Å². The third kappa shape index (κ3) is 6.32. The van der Waals surface area contributed by atoms with Crippen LogP contribution in [0, 0.1) is 6.92 Å². The second kappa shape index (κ2) is 9.56. The molecule has 0 aliphatic carbocycles. The highest BCUT2D eigenvalue weighted by molar-refractivity contribution is 7.92. The summed E-state index contributed by atoms with van der Waals surface area (Å²) in [6.45, 7) is 7.27. The van der Waals surface area contributed by atoms with Crippen LogP contribution in [0.1, 0.15) is 43.1 Å². The number of aryl methyl sites for hydroxylation is 1. The maximum Gasteiger partial charge on any atom is 0.261 e. The number of carbonyl (C=O) groups excluding carboxylic acids is 2. The van der Waals surface area contributed by atoms with Gasteiger partial charge in [-0.1, -0.05) is 25.1 Å². The second-order valence-corrected chi connectivity index (χ2v) is 8.70. The van der Waals surface area contributed by atoms with Crippen molar-refractivity contribution in [3.63, 3.8) is 0 Å². The molecule has 3 N–H and O–H groups in total. The van der Waals surface area contributed by atoms with E-state index in [9.17, 15) is 18.0 Å². The molecule has 0 radical (unpaired) electrons. The normalized spacial score (nSPS) is 13.2. The minimum absolute atomic E-state index is 0.00280. The van der Waals surface area contributed by atoms with Crippen LogP contribution in [-0.2, 0) is 14.8 Å². The van der Waals surface area contributed by atoms with E-state index < -0.39 is 22.0 Å². The first-order valence-electron chi connectivity index (χ1n) is 9.43. The molecule has 0 aliphatic heterocycles. The Balaban J connectivity index is 2.13. The van der Waals surface area contributed by atoms with Crippen molar-refractivity contribution >= 4 is 27.5 Å². The Bertz CT molecular complexity index is 989. The Labute approximate surface area is 172 Å². The minimum Gasteiger partial charge on any atom is -0.352 e. The molecule has 2 amide bonds. The van der Waals surface area contributed by atoms with Gasteiger partial charge < -0.3 is 10.6 Å². The zero-order valence-electron chi connectivity index (χ0n) is 17.0. The number of anilines is 1. The summed E-state index contributed by atoms with van der Waals surface area (Å²) < 4.78 is 27.8. The average molecular weight is 418 g/mol. The number of carbonyl (C=O) groups is 2. The highest BCUT2D eigenvalue weighted by atomic mass is 32.2. The van der Waals surface area contributed by atoms with Crippen LogP contribution < -0.4 is 15.4 Å². The van der Waals surface area contributed by atoms with Crippen LogP contribution in [0.2, 0.25) is 0 Å². The van der Waals surface area contributed by atoms with Crippen LogP contribution >= 0.6 is 0 Å². The van der Waals surface area contributed by atoms with Gasteiger partial charge in [-0.25, -0.2) is 8.42 Å². The molecule has 0 aliphatic rings. The van der Waals surface area contributed by atoms with Crippen LogP contribution in [0.5, 0.6) is 0 Å². The van der Waals surface area contributed by atoms with Crippen molar-refractivity contribution in [1.82, 2.24) is 10.6 Å². The molecule has 8 heteroatoms. The van der Waals surface area contributed by atoms with Crippen LogP contribution in [-0.4, -0.2) is 32.3 Å². The quantitative estimate of drug-likeness (QED) is 0.614. The number of sulfonamides is 1. The van der Waals surface area contributed by atoms with Crippen molar-refractivity contribution in [2.24, 2.45) is 0 Å². The van der Waals surface area contributed by atoms with Gasteiger partial charge in [0.2, 0.25) is 5.91 Å². The van der Waals surface area contributed by atoms with Gasteiger partial charge in [-0.3, -0.25) is 14.3 Å². The molecular weight excluding hydrogens is 390 g/mol. The smallest absolute Gasteiger partial charge is 0.261 e. The van der Waals surface area contributed by atoms with E-state index in [0.29, 0.717) is 5.69 Å². The molecular formula is C21H27N3O4S. The molecule has 7 nitrogen and oxygen atoms in total. The topological polar surface area (TPSA) is 104 Å². The SMILES string of the molecule is CCC(C)NC(=O)C(C)NC(=O)c1cccc(S(=O)(=O)Nc2cccc(C)c2)c1. The van der Waals surface area contributed by atoms with Gasteiger partial charge in [0.05, 0.1) is 4.90 Å². The molecule has 2 unspecified atom stereocenters. The average Bonchev–Trinajstić information content (AvgIpc) is 2.67. The molecule has 2 aromatic rings. The van der Waals surface area contributed by atoms with Gasteiger partial charge in [-0.2, -0.15) is 0 Å². The maximum absolute atomic E-state index is 12.7. The van der Waals surface area contributed by atoms with Crippen LogP contribution in [0.3, 0.4) is 0 Å². The molecule has 156 valence electrons. The maximum atomic E-state index is 12.7. The molecule has 29 heavy (non-hydrogen) atoms. The monoisotopic (exact) mass is 417 g/mol. The molecule has 0 saturated carbocycles. The molecule has 2 rings (SSSR count). The number of hydrogen-bond acceptors (Lipinski definition) is 4. The molecule has 0 spiro atoms. The summed E-state index contributed by atoms with van der Waals surface area (Å²) in [5.74, 6) is -0.818. The third-order valence-electron chi connectivity index (χ3n) is 4.42. The van der Waals surface area contributed by atoms with E-state index in [-0.39, 0.29) is 22.4 Å². The van der Waals surface area contributed by atoms with Crippen molar-refractivity contribution in [3.8, 4) is 0 Å². The van der Waals surface area contributed by atoms with Crippen molar-refractivity contribution in [2.75, 3.05) is 4.72 Å². The van der Waals surface area contributed by atoms with Gasteiger partial charge in [0, 0.05) is 17.3 Å². The Morgan fingerprint density at radius 1 is 1.00 bits per heavy atom. The first kappa shape index (κ1) is 22.4. The Morgan fingerprint density at radius 2 is 1.69 bits per heavy atom. The van der Waals surface area contributed by atoms with E-state index in [1.165, 1.54) is 24.3 Å². The summed E-state index contributed by atoms with van der Waals surface area (Å²) in [5.41, 5.74) is 1.51. The number of nitrogens with one attached hydrogen (secondary N) is 3. The largest absolute Gasteiger partial charge is 0.352 e. The summed E-state index contributed by atoms with van der Waals surface area (Å²) in [7, 11) is -3.86. The zero-order valence-corrected chi connectivity index (χ0v) is 17.8. The Kier molecular flexibility index (Phi) is 7.39. The van der Waals surface area contributed by atoms with E-state index in [4.69, 9.17) is 0 Å². The fourth-order valence-electron chi connectivity index (χ4n) is 2.54. The first-order chi connectivity index (χ1) is 13.6. The minimum atomic E-state index is -3.86. The molecule has 0 saturated heterocycles. The van der Waals surface area contributed by atoms with Gasteiger partial charge in [-0.05, 0) is 63.1 Å². The molecule has 0 heterocycles. The number of amides is 2. The summed E-state index contributed by atoms with van der Waals surface area (Å²) >= 11 is 0. The molecule has 2 aromatic carbocycles. The lowest BCUT2D eigenvalue weighted by molar-refractivity contribution is -0.123. The Hall–Kier alpha value is -2.87. The highest BCUT2D eigenvalue weighted by Gasteiger charge is 2.20.